The molecule has 1 aliphatic rings. The van der Waals surface area contributed by atoms with Crippen molar-refractivity contribution in [3.8, 4) is 5.75 Å². The van der Waals surface area contributed by atoms with Gasteiger partial charge in [-0.3, -0.25) is 0 Å². The van der Waals surface area contributed by atoms with Gasteiger partial charge in [0.25, 0.3) is 0 Å². The second-order valence-corrected chi connectivity index (χ2v) is 7.37. The summed E-state index contributed by atoms with van der Waals surface area (Å²) in [7, 11) is 1.65. The van der Waals surface area contributed by atoms with Gasteiger partial charge in [0.05, 0.1) is 23.8 Å². The highest BCUT2D eigenvalue weighted by molar-refractivity contribution is 8.00. The van der Waals surface area contributed by atoms with Gasteiger partial charge >= 0.3 is 0 Å². The molecule has 0 aromatic heterocycles. The molecule has 1 atom stereocenters. The van der Waals surface area contributed by atoms with Crippen LogP contribution in [-0.4, -0.2) is 12.8 Å². The Labute approximate surface area is 172 Å². The van der Waals surface area contributed by atoms with E-state index >= 15 is 0 Å². The summed E-state index contributed by atoms with van der Waals surface area (Å²) in [4.78, 5) is -0.0525. The second kappa shape index (κ2) is 8.53. The van der Waals surface area contributed by atoms with Crippen LogP contribution < -0.4 is 14.9 Å². The molecule has 1 heterocycles. The Kier molecular flexibility index (Phi) is 5.67. The minimum absolute atomic E-state index is 0.0525. The molecule has 148 valence electrons. The summed E-state index contributed by atoms with van der Waals surface area (Å²) < 4.78 is 35.6. The first-order valence-corrected chi connectivity index (χ1v) is 9.89. The number of hydrogen-bond donors (Lipinski definition) is 2. The number of ether oxygens (including phenoxy) is 1. The zero-order valence-electron chi connectivity index (χ0n) is 15.7. The molecular formula is C22H19F2N3OS. The van der Waals surface area contributed by atoms with E-state index in [1.807, 2.05) is 48.5 Å². The number of benzene rings is 3. The Morgan fingerprint density at radius 3 is 2.34 bits per heavy atom. The summed E-state index contributed by atoms with van der Waals surface area (Å²) in [5.41, 5.74) is 7.04. The zero-order chi connectivity index (χ0) is 20.2. The van der Waals surface area contributed by atoms with Crippen molar-refractivity contribution in [1.82, 2.24) is 5.43 Å². The van der Waals surface area contributed by atoms with E-state index in [-0.39, 0.29) is 10.9 Å². The maximum absolute atomic E-state index is 13.7. The lowest BCUT2D eigenvalue weighted by Crippen LogP contribution is -2.09. The predicted molar refractivity (Wildman–Crippen MR) is 112 cm³/mol. The minimum atomic E-state index is -0.588. The highest BCUT2D eigenvalue weighted by atomic mass is 32.2. The molecule has 0 saturated carbocycles. The first-order valence-electron chi connectivity index (χ1n) is 9.07. The third-order valence-corrected chi connectivity index (χ3v) is 5.61. The normalized spacial score (nSPS) is 15.6. The summed E-state index contributed by atoms with van der Waals surface area (Å²) >= 11 is 0.913. The van der Waals surface area contributed by atoms with Gasteiger partial charge in [-0.25, -0.2) is 8.78 Å². The van der Waals surface area contributed by atoms with Crippen LogP contribution in [0.4, 0.5) is 14.5 Å². The van der Waals surface area contributed by atoms with Gasteiger partial charge in [-0.05, 0) is 59.5 Å². The average molecular weight is 411 g/mol. The summed E-state index contributed by atoms with van der Waals surface area (Å²) in [5, 5.41) is 4.46. The number of hydrogen-bond acceptors (Lipinski definition) is 5. The first kappa shape index (κ1) is 19.3. The molecule has 1 unspecified atom stereocenters. The number of hydrazone groups is 1. The Hall–Kier alpha value is -3.06. The van der Waals surface area contributed by atoms with Crippen LogP contribution in [0, 0.1) is 11.6 Å². The Bertz CT molecular complexity index is 1000. The van der Waals surface area contributed by atoms with Crippen LogP contribution in [0.5, 0.6) is 5.75 Å². The molecule has 0 amide bonds. The zero-order valence-corrected chi connectivity index (χ0v) is 16.5. The molecule has 0 bridgehead atoms. The number of nitrogens with zero attached hydrogens (tertiary/aromatic N) is 1. The number of halogens is 2. The molecule has 3 aromatic carbocycles. The molecule has 0 saturated heterocycles. The van der Waals surface area contributed by atoms with Gasteiger partial charge in [-0.1, -0.05) is 30.3 Å². The number of nitrogens with one attached hydrogen (secondary N) is 2. The van der Waals surface area contributed by atoms with Crippen LogP contribution in [0.2, 0.25) is 0 Å². The van der Waals surface area contributed by atoms with Gasteiger partial charge in [-0.2, -0.15) is 5.10 Å². The van der Waals surface area contributed by atoms with Crippen LogP contribution >= 0.6 is 11.9 Å². The monoisotopic (exact) mass is 411 g/mol. The molecule has 7 heteroatoms. The number of rotatable bonds is 6. The maximum atomic E-state index is 13.7. The number of methoxy groups -OCH3 is 1. The molecule has 0 radical (unpaired) electrons. The smallest absolute Gasteiger partial charge is 0.141 e. The fourth-order valence-corrected chi connectivity index (χ4v) is 3.76. The lowest BCUT2D eigenvalue weighted by atomic mass is 9.99. The summed E-state index contributed by atoms with van der Waals surface area (Å²) in [5.74, 6) is -0.353. The maximum Gasteiger partial charge on any atom is 0.141 e. The van der Waals surface area contributed by atoms with E-state index in [0.717, 1.165) is 46.6 Å². The van der Waals surface area contributed by atoms with E-state index < -0.39 is 11.6 Å². The van der Waals surface area contributed by atoms with Crippen molar-refractivity contribution in [3.63, 3.8) is 0 Å². The molecule has 29 heavy (non-hydrogen) atoms. The fraction of sp³-hybridized carbons (Fsp3) is 0.136. The molecule has 0 fully saturated rings. The van der Waals surface area contributed by atoms with Gasteiger partial charge in [-0.15, -0.1) is 0 Å². The summed E-state index contributed by atoms with van der Waals surface area (Å²) in [6.45, 7) is 0. The largest absolute Gasteiger partial charge is 0.497 e. The highest BCUT2D eigenvalue weighted by Crippen LogP contribution is 2.28. The lowest BCUT2D eigenvalue weighted by Gasteiger charge is -2.11. The molecule has 0 aliphatic carbocycles. The van der Waals surface area contributed by atoms with Crippen molar-refractivity contribution < 1.29 is 13.5 Å². The van der Waals surface area contributed by atoms with Crippen molar-refractivity contribution in [2.45, 2.75) is 17.4 Å². The van der Waals surface area contributed by atoms with E-state index in [1.54, 1.807) is 7.11 Å². The van der Waals surface area contributed by atoms with E-state index in [0.29, 0.717) is 0 Å². The van der Waals surface area contributed by atoms with E-state index in [1.165, 1.54) is 18.2 Å². The third-order valence-electron chi connectivity index (χ3n) is 4.68. The summed E-state index contributed by atoms with van der Waals surface area (Å²) in [6, 6.07) is 19.5. The Morgan fingerprint density at radius 2 is 1.69 bits per heavy atom. The van der Waals surface area contributed by atoms with E-state index in [2.05, 4.69) is 15.2 Å². The molecule has 1 aliphatic heterocycles. The van der Waals surface area contributed by atoms with Crippen LogP contribution in [0.25, 0.3) is 0 Å². The first-order chi connectivity index (χ1) is 14.1. The van der Waals surface area contributed by atoms with Crippen LogP contribution in [-0.2, 0) is 0 Å². The van der Waals surface area contributed by atoms with Gasteiger partial charge in [0, 0.05) is 12.1 Å². The van der Waals surface area contributed by atoms with Crippen LogP contribution in [0.15, 0.2) is 76.7 Å². The molecular weight excluding hydrogens is 392 g/mol. The van der Waals surface area contributed by atoms with Gasteiger partial charge in [0.15, 0.2) is 0 Å². The Morgan fingerprint density at radius 1 is 1.00 bits per heavy atom. The van der Waals surface area contributed by atoms with Crippen molar-refractivity contribution in [1.29, 1.82) is 0 Å². The standard InChI is InChI=1S/C22H19F2N3OS/c1-28-17-11-7-15(8-12-17)21-13-20(25-26-21)14-5-9-16(10-6-14)27-29-22-18(23)3-2-4-19(22)24/h2-12,21,26-27H,13H2,1H3. The summed E-state index contributed by atoms with van der Waals surface area (Å²) in [6.07, 6.45) is 0.772. The Balaban J connectivity index is 1.38. The predicted octanol–water partition coefficient (Wildman–Crippen LogP) is 5.53. The van der Waals surface area contributed by atoms with Crippen molar-refractivity contribution >= 4 is 23.3 Å². The SMILES string of the molecule is COc1ccc(C2CC(c3ccc(NSc4c(F)cccc4F)cc3)=NN2)cc1. The lowest BCUT2D eigenvalue weighted by molar-refractivity contribution is 0.414. The van der Waals surface area contributed by atoms with Gasteiger partial charge in [0.1, 0.15) is 17.4 Å². The van der Waals surface area contributed by atoms with Gasteiger partial charge in [0.2, 0.25) is 0 Å². The highest BCUT2D eigenvalue weighted by Gasteiger charge is 2.21. The molecule has 2 N–H and O–H groups in total. The van der Waals surface area contributed by atoms with Crippen molar-refractivity contribution in [2.24, 2.45) is 5.10 Å². The van der Waals surface area contributed by atoms with Gasteiger partial charge < -0.3 is 14.9 Å². The van der Waals surface area contributed by atoms with E-state index in [9.17, 15) is 8.78 Å². The van der Waals surface area contributed by atoms with Crippen LogP contribution in [0.3, 0.4) is 0 Å². The fourth-order valence-electron chi connectivity index (χ4n) is 3.07. The van der Waals surface area contributed by atoms with Crippen molar-refractivity contribution in [3.05, 3.63) is 89.5 Å². The minimum Gasteiger partial charge on any atom is -0.497 e. The molecule has 3 aromatic rings. The van der Waals surface area contributed by atoms with Crippen molar-refractivity contribution in [2.75, 3.05) is 11.8 Å². The average Bonchev–Trinajstić information content (AvgIpc) is 3.24. The second-order valence-electron chi connectivity index (χ2n) is 6.55. The quantitative estimate of drug-likeness (QED) is 0.524. The van der Waals surface area contributed by atoms with E-state index in [4.69, 9.17) is 4.74 Å². The topological polar surface area (TPSA) is 45.6 Å². The third kappa shape index (κ3) is 4.35. The molecule has 0 spiro atoms. The van der Waals surface area contributed by atoms with Crippen LogP contribution in [0.1, 0.15) is 23.6 Å². The number of anilines is 1. The molecule has 4 rings (SSSR count). The molecule has 4 nitrogen and oxygen atoms in total.